The molecule has 2 aromatic heterocycles. The highest BCUT2D eigenvalue weighted by atomic mass is 16.5. The van der Waals surface area contributed by atoms with E-state index in [1.54, 1.807) is 54.5 Å². The number of urea groups is 1. The van der Waals surface area contributed by atoms with Gasteiger partial charge in [0.25, 0.3) is 5.91 Å². The highest BCUT2D eigenvalue weighted by Crippen LogP contribution is 2.35. The van der Waals surface area contributed by atoms with Crippen molar-refractivity contribution in [2.24, 2.45) is 0 Å². The summed E-state index contributed by atoms with van der Waals surface area (Å²) in [4.78, 5) is 33.8. The molecule has 0 aliphatic carbocycles. The molecule has 33 heavy (non-hydrogen) atoms. The Morgan fingerprint density at radius 1 is 1.09 bits per heavy atom. The molecule has 3 N–H and O–H groups in total. The monoisotopic (exact) mass is 443 g/mol. The number of fused-ring (bicyclic) bond motifs is 1. The normalized spacial score (nSPS) is 17.8. The van der Waals surface area contributed by atoms with Crippen LogP contribution in [0, 0.1) is 6.92 Å². The molecule has 3 heterocycles. The first kappa shape index (κ1) is 20.5. The van der Waals surface area contributed by atoms with Gasteiger partial charge in [-0.1, -0.05) is 24.3 Å². The molecule has 1 atom stereocenters. The molecule has 0 spiro atoms. The summed E-state index contributed by atoms with van der Waals surface area (Å²) >= 11 is 0. The van der Waals surface area contributed by atoms with Crippen LogP contribution in [0.15, 0.2) is 61.1 Å². The number of aryl methyl sites for hydroxylation is 1. The second-order valence-electron chi connectivity index (χ2n) is 7.92. The molecular weight excluding hydrogens is 422 g/mol. The van der Waals surface area contributed by atoms with E-state index >= 15 is 0 Å². The molecule has 1 aliphatic rings. The molecule has 3 amide bonds. The Morgan fingerprint density at radius 3 is 2.52 bits per heavy atom. The Labute approximate surface area is 189 Å². The van der Waals surface area contributed by atoms with E-state index in [4.69, 9.17) is 4.74 Å². The minimum absolute atomic E-state index is 0.00306. The summed E-state index contributed by atoms with van der Waals surface area (Å²) in [5.74, 6) is 0.0850. The summed E-state index contributed by atoms with van der Waals surface area (Å²) < 4.78 is 6.80. The third-order valence-electron chi connectivity index (χ3n) is 5.95. The van der Waals surface area contributed by atoms with Crippen molar-refractivity contribution in [2.75, 3.05) is 7.11 Å². The molecule has 0 bridgehead atoms. The van der Waals surface area contributed by atoms with Crippen molar-refractivity contribution < 1.29 is 19.4 Å². The number of imide groups is 1. The van der Waals surface area contributed by atoms with Crippen LogP contribution in [-0.4, -0.2) is 38.7 Å². The quantitative estimate of drug-likeness (QED) is 0.408. The number of hydrogen-bond acceptors (Lipinski definition) is 6. The first-order valence-corrected chi connectivity index (χ1v) is 10.3. The van der Waals surface area contributed by atoms with E-state index in [2.05, 4.69) is 20.6 Å². The lowest BCUT2D eigenvalue weighted by molar-refractivity contribution is -0.124. The van der Waals surface area contributed by atoms with E-state index in [1.165, 1.54) is 0 Å². The van der Waals surface area contributed by atoms with Gasteiger partial charge >= 0.3 is 6.03 Å². The highest BCUT2D eigenvalue weighted by Gasteiger charge is 2.48. The molecule has 1 saturated heterocycles. The molecule has 5 rings (SSSR count). The molecular formula is C24H21N5O4. The summed E-state index contributed by atoms with van der Waals surface area (Å²) in [6.45, 7) is 1.87. The number of carbonyl (C=O) groups excluding carboxylic acids is 2. The van der Waals surface area contributed by atoms with E-state index in [1.807, 2.05) is 25.1 Å². The Balaban J connectivity index is 1.57. The van der Waals surface area contributed by atoms with Crippen molar-refractivity contribution in [1.82, 2.24) is 25.2 Å². The van der Waals surface area contributed by atoms with Crippen molar-refractivity contribution in [3.63, 3.8) is 0 Å². The fourth-order valence-electron chi connectivity index (χ4n) is 4.23. The van der Waals surface area contributed by atoms with Crippen molar-refractivity contribution in [3.05, 3.63) is 72.3 Å². The molecule has 1 aliphatic heterocycles. The van der Waals surface area contributed by atoms with E-state index in [0.29, 0.717) is 16.7 Å². The largest absolute Gasteiger partial charge is 0.497 e. The lowest BCUT2D eigenvalue weighted by atomic mass is 9.88. The van der Waals surface area contributed by atoms with Gasteiger partial charge in [-0.2, -0.15) is 0 Å². The Bertz CT molecular complexity index is 1400. The van der Waals surface area contributed by atoms with Crippen LogP contribution < -0.4 is 15.4 Å². The number of benzene rings is 2. The van der Waals surface area contributed by atoms with Crippen LogP contribution in [0.2, 0.25) is 0 Å². The first-order chi connectivity index (χ1) is 15.9. The minimum atomic E-state index is -1.40. The van der Waals surface area contributed by atoms with Crippen LogP contribution in [0.5, 0.6) is 11.6 Å². The molecule has 0 radical (unpaired) electrons. The van der Waals surface area contributed by atoms with Gasteiger partial charge < -0.3 is 19.7 Å². The van der Waals surface area contributed by atoms with Crippen molar-refractivity contribution >= 4 is 22.7 Å². The van der Waals surface area contributed by atoms with Gasteiger partial charge in [0.1, 0.15) is 5.75 Å². The SMILES string of the molecule is COc1ccc2cn(C[C@@]3(c4ccc(-c5nccnc5C)cc4)NC(=O)NC3=O)c(O)c2c1. The maximum atomic E-state index is 13.0. The number of carbonyl (C=O) groups is 2. The summed E-state index contributed by atoms with van der Waals surface area (Å²) in [6, 6.07) is 12.0. The van der Waals surface area contributed by atoms with Crippen molar-refractivity contribution in [2.45, 2.75) is 19.0 Å². The fourth-order valence-corrected chi connectivity index (χ4v) is 4.23. The molecule has 166 valence electrons. The summed E-state index contributed by atoms with van der Waals surface area (Å²) in [6.07, 6.45) is 4.99. The average molecular weight is 443 g/mol. The number of ether oxygens (including phenoxy) is 1. The Morgan fingerprint density at radius 2 is 1.85 bits per heavy atom. The second kappa shape index (κ2) is 7.63. The Hall–Kier alpha value is -4.40. The molecule has 2 aromatic carbocycles. The van der Waals surface area contributed by atoms with Gasteiger partial charge in [0, 0.05) is 34.9 Å². The van der Waals surface area contributed by atoms with E-state index in [0.717, 1.165) is 22.3 Å². The number of rotatable bonds is 5. The molecule has 9 nitrogen and oxygen atoms in total. The molecule has 0 unspecified atom stereocenters. The number of nitrogens with one attached hydrogen (secondary N) is 2. The average Bonchev–Trinajstić information content (AvgIpc) is 3.29. The van der Waals surface area contributed by atoms with Crippen LogP contribution in [0.3, 0.4) is 0 Å². The number of methoxy groups -OCH3 is 1. The predicted molar refractivity (Wildman–Crippen MR) is 121 cm³/mol. The summed E-state index contributed by atoms with van der Waals surface area (Å²) in [5.41, 5.74) is 1.54. The van der Waals surface area contributed by atoms with Crippen LogP contribution in [0.25, 0.3) is 22.0 Å². The lowest BCUT2D eigenvalue weighted by Gasteiger charge is -2.27. The molecule has 9 heteroatoms. The zero-order valence-electron chi connectivity index (χ0n) is 18.0. The summed E-state index contributed by atoms with van der Waals surface area (Å²) in [5, 5.41) is 17.3. The van der Waals surface area contributed by atoms with Gasteiger partial charge in [-0.05, 0) is 30.7 Å². The zero-order chi connectivity index (χ0) is 23.2. The Kier molecular flexibility index (Phi) is 4.74. The number of hydrogen-bond donors (Lipinski definition) is 3. The standard InChI is InChI=1S/C24H21N5O4/c1-14-20(26-10-9-25-14)15-3-6-17(7-4-15)24(22(31)27-23(32)28-24)13-29-12-16-5-8-18(33-2)11-19(16)21(29)30/h3-12,30H,13H2,1-2H3,(H2,27,28,31,32)/t24-/m0/s1. The van der Waals surface area contributed by atoms with Gasteiger partial charge in [-0.3, -0.25) is 20.1 Å². The van der Waals surface area contributed by atoms with Gasteiger partial charge in [-0.15, -0.1) is 0 Å². The van der Waals surface area contributed by atoms with Crippen LogP contribution in [0.4, 0.5) is 4.79 Å². The van der Waals surface area contributed by atoms with Crippen molar-refractivity contribution in [3.8, 4) is 22.9 Å². The molecule has 4 aromatic rings. The number of nitrogens with zero attached hydrogens (tertiary/aromatic N) is 3. The summed E-state index contributed by atoms with van der Waals surface area (Å²) in [7, 11) is 1.55. The third kappa shape index (κ3) is 3.34. The lowest BCUT2D eigenvalue weighted by Crippen LogP contribution is -2.47. The van der Waals surface area contributed by atoms with Crippen LogP contribution >= 0.6 is 0 Å². The fraction of sp³-hybridized carbons (Fsp3) is 0.167. The number of aromatic nitrogens is 3. The number of aromatic hydroxyl groups is 1. The van der Waals surface area contributed by atoms with Gasteiger partial charge in [0.15, 0.2) is 11.4 Å². The van der Waals surface area contributed by atoms with E-state index in [9.17, 15) is 14.7 Å². The topological polar surface area (TPSA) is 118 Å². The smallest absolute Gasteiger partial charge is 0.322 e. The van der Waals surface area contributed by atoms with Crippen LogP contribution in [-0.2, 0) is 16.9 Å². The van der Waals surface area contributed by atoms with Gasteiger partial charge in [-0.25, -0.2) is 4.79 Å². The third-order valence-corrected chi connectivity index (χ3v) is 5.95. The maximum absolute atomic E-state index is 13.0. The zero-order valence-corrected chi connectivity index (χ0v) is 18.0. The van der Waals surface area contributed by atoms with Crippen LogP contribution in [0.1, 0.15) is 11.3 Å². The van der Waals surface area contributed by atoms with Gasteiger partial charge in [0.05, 0.1) is 25.0 Å². The predicted octanol–water partition coefficient (Wildman–Crippen LogP) is 2.86. The van der Waals surface area contributed by atoms with E-state index in [-0.39, 0.29) is 12.4 Å². The minimum Gasteiger partial charge on any atom is -0.497 e. The highest BCUT2D eigenvalue weighted by molar-refractivity contribution is 6.07. The second-order valence-corrected chi connectivity index (χ2v) is 7.92. The molecule has 1 fully saturated rings. The maximum Gasteiger partial charge on any atom is 0.322 e. The molecule has 0 saturated carbocycles. The van der Waals surface area contributed by atoms with Crippen molar-refractivity contribution in [1.29, 1.82) is 0 Å². The number of amides is 3. The van der Waals surface area contributed by atoms with Gasteiger partial charge in [0.2, 0.25) is 0 Å². The first-order valence-electron chi connectivity index (χ1n) is 10.3. The van der Waals surface area contributed by atoms with E-state index < -0.39 is 17.5 Å².